The summed E-state index contributed by atoms with van der Waals surface area (Å²) in [6, 6.07) is 0. The van der Waals surface area contributed by atoms with Gasteiger partial charge in [0.2, 0.25) is 0 Å². The maximum absolute atomic E-state index is 5.03. The van der Waals surface area contributed by atoms with E-state index in [0.29, 0.717) is 0 Å². The van der Waals surface area contributed by atoms with Crippen LogP contribution in [0.15, 0.2) is 0 Å². The maximum atomic E-state index is 5.03. The maximum Gasteiger partial charge on any atom is 0.0882 e. The van der Waals surface area contributed by atoms with Crippen LogP contribution in [0.4, 0.5) is 0 Å². The summed E-state index contributed by atoms with van der Waals surface area (Å²) in [4.78, 5) is 1.13. The zero-order valence-electron chi connectivity index (χ0n) is 5.70. The number of methoxy groups -OCH3 is 1. The van der Waals surface area contributed by atoms with Gasteiger partial charge in [0, 0.05) is 18.3 Å². The molecule has 0 saturated heterocycles. The molecule has 0 aliphatic carbocycles. The molecule has 0 N–H and O–H groups in total. The van der Waals surface area contributed by atoms with Gasteiger partial charge in [-0.05, 0) is 0 Å². The Hall–Kier alpha value is 0.657. The van der Waals surface area contributed by atoms with Gasteiger partial charge in [-0.2, -0.15) is 0 Å². The molecule has 0 unspecified atom stereocenters. The van der Waals surface area contributed by atoms with Crippen molar-refractivity contribution in [2.45, 2.75) is 13.1 Å². The largest absolute Gasteiger partial charge is 0.388 e. The standard InChI is InChI=1S/C5H13BrOSi/c1-7-5-8(2,3)4-6/h4-5H2,1-3H3. The van der Waals surface area contributed by atoms with Gasteiger partial charge in [0.1, 0.15) is 0 Å². The van der Waals surface area contributed by atoms with E-state index < -0.39 is 8.07 Å². The van der Waals surface area contributed by atoms with Crippen LogP contribution in [0.1, 0.15) is 0 Å². The quantitative estimate of drug-likeness (QED) is 0.495. The third-order valence-corrected chi connectivity index (χ3v) is 7.24. The molecule has 0 spiro atoms. The molecular formula is C5H13BrOSi. The second-order valence-electron chi connectivity index (χ2n) is 2.73. The average molecular weight is 197 g/mol. The summed E-state index contributed by atoms with van der Waals surface area (Å²) < 4.78 is 5.03. The zero-order valence-corrected chi connectivity index (χ0v) is 8.29. The summed E-state index contributed by atoms with van der Waals surface area (Å²) in [5.74, 6) is 0. The molecule has 0 atom stereocenters. The molecule has 0 bridgehead atoms. The van der Waals surface area contributed by atoms with Crippen molar-refractivity contribution >= 4 is 24.0 Å². The van der Waals surface area contributed by atoms with E-state index in [1.165, 1.54) is 0 Å². The van der Waals surface area contributed by atoms with Crippen molar-refractivity contribution in [1.82, 2.24) is 0 Å². The molecule has 0 aromatic carbocycles. The second kappa shape index (κ2) is 3.64. The minimum Gasteiger partial charge on any atom is -0.388 e. The van der Waals surface area contributed by atoms with Gasteiger partial charge < -0.3 is 4.74 Å². The van der Waals surface area contributed by atoms with E-state index in [4.69, 9.17) is 4.74 Å². The lowest BCUT2D eigenvalue weighted by atomic mass is 11.5. The van der Waals surface area contributed by atoms with E-state index in [2.05, 4.69) is 29.0 Å². The van der Waals surface area contributed by atoms with Crippen molar-refractivity contribution in [3.63, 3.8) is 0 Å². The first-order chi connectivity index (χ1) is 3.62. The van der Waals surface area contributed by atoms with E-state index in [1.807, 2.05) is 0 Å². The van der Waals surface area contributed by atoms with Gasteiger partial charge in [0.15, 0.2) is 0 Å². The average Bonchev–Trinajstić information content (AvgIpc) is 1.67. The lowest BCUT2D eigenvalue weighted by molar-refractivity contribution is 0.246. The summed E-state index contributed by atoms with van der Waals surface area (Å²) in [6.45, 7) is 4.59. The molecule has 50 valence electrons. The van der Waals surface area contributed by atoms with Crippen molar-refractivity contribution < 1.29 is 4.74 Å². The molecule has 1 nitrogen and oxygen atoms in total. The highest BCUT2D eigenvalue weighted by molar-refractivity contribution is 9.09. The predicted octanol–water partition coefficient (Wildman–Crippen LogP) is 1.81. The number of hydrogen-bond acceptors (Lipinski definition) is 1. The summed E-state index contributed by atoms with van der Waals surface area (Å²) in [7, 11) is 0.778. The summed E-state index contributed by atoms with van der Waals surface area (Å²) in [5, 5.41) is 0. The van der Waals surface area contributed by atoms with Crippen molar-refractivity contribution in [2.75, 3.05) is 18.3 Å². The number of ether oxygens (including phenoxy) is 1. The first kappa shape index (κ1) is 8.66. The fourth-order valence-electron chi connectivity index (χ4n) is 0.429. The molecule has 0 amide bonds. The highest BCUT2D eigenvalue weighted by atomic mass is 79.9. The predicted molar refractivity (Wildman–Crippen MR) is 43.2 cm³/mol. The van der Waals surface area contributed by atoms with Gasteiger partial charge in [-0.3, -0.25) is 0 Å². The van der Waals surface area contributed by atoms with E-state index in [9.17, 15) is 0 Å². The van der Waals surface area contributed by atoms with Crippen LogP contribution in [0.3, 0.4) is 0 Å². The fourth-order valence-corrected chi connectivity index (χ4v) is 1.77. The molecule has 0 aromatic rings. The number of halogens is 1. The van der Waals surface area contributed by atoms with Gasteiger partial charge in [0.05, 0.1) is 8.07 Å². The molecule has 0 radical (unpaired) electrons. The fraction of sp³-hybridized carbons (Fsp3) is 1.00. The molecule has 0 aliphatic heterocycles. The third kappa shape index (κ3) is 3.63. The van der Waals surface area contributed by atoms with Crippen LogP contribution in [-0.4, -0.2) is 26.4 Å². The van der Waals surface area contributed by atoms with Crippen molar-refractivity contribution in [3.05, 3.63) is 0 Å². The molecule has 8 heavy (non-hydrogen) atoms. The number of alkyl halides is 1. The summed E-state index contributed by atoms with van der Waals surface area (Å²) in [6.07, 6.45) is 0.957. The van der Waals surface area contributed by atoms with E-state index in [-0.39, 0.29) is 0 Å². The molecular weight excluding hydrogens is 184 g/mol. The molecule has 3 heteroatoms. The summed E-state index contributed by atoms with van der Waals surface area (Å²) >= 11 is 3.45. The Kier molecular flexibility index (Phi) is 3.94. The van der Waals surface area contributed by atoms with E-state index >= 15 is 0 Å². The SMILES string of the molecule is COC[Si](C)(C)CBr. The molecule has 0 saturated carbocycles. The Balaban J connectivity index is 3.37. The third-order valence-electron chi connectivity index (χ3n) is 0.897. The first-order valence-electron chi connectivity index (χ1n) is 2.67. The Morgan fingerprint density at radius 3 is 2.12 bits per heavy atom. The van der Waals surface area contributed by atoms with Gasteiger partial charge >= 0.3 is 0 Å². The highest BCUT2D eigenvalue weighted by Crippen LogP contribution is 2.04. The monoisotopic (exact) mass is 196 g/mol. The van der Waals surface area contributed by atoms with Crippen LogP contribution in [0.25, 0.3) is 0 Å². The Labute approximate surface area is 60.6 Å². The zero-order chi connectivity index (χ0) is 6.62. The van der Waals surface area contributed by atoms with Gasteiger partial charge in [-0.15, -0.1) is 0 Å². The smallest absolute Gasteiger partial charge is 0.0882 e. The summed E-state index contributed by atoms with van der Waals surface area (Å²) in [5.41, 5.74) is 0. The highest BCUT2D eigenvalue weighted by Gasteiger charge is 2.17. The van der Waals surface area contributed by atoms with Gasteiger partial charge in [0.25, 0.3) is 0 Å². The molecule has 0 rings (SSSR count). The molecule has 0 heterocycles. The number of hydrogen-bond donors (Lipinski definition) is 0. The molecule has 0 aromatic heterocycles. The first-order valence-corrected chi connectivity index (χ1v) is 7.21. The number of rotatable bonds is 3. The van der Waals surface area contributed by atoms with Crippen LogP contribution in [-0.2, 0) is 4.74 Å². The van der Waals surface area contributed by atoms with E-state index in [0.717, 1.165) is 11.2 Å². The second-order valence-corrected chi connectivity index (χ2v) is 9.30. The van der Waals surface area contributed by atoms with Crippen molar-refractivity contribution in [2.24, 2.45) is 0 Å². The minimum absolute atomic E-state index is 0.957. The normalized spacial score (nSPS) is 12.0. The van der Waals surface area contributed by atoms with Gasteiger partial charge in [-0.25, -0.2) is 0 Å². The minimum atomic E-state index is -0.983. The lowest BCUT2D eigenvalue weighted by Crippen LogP contribution is -2.34. The van der Waals surface area contributed by atoms with Crippen molar-refractivity contribution in [1.29, 1.82) is 0 Å². The van der Waals surface area contributed by atoms with Gasteiger partial charge in [-0.1, -0.05) is 29.0 Å². The van der Waals surface area contributed by atoms with Crippen molar-refractivity contribution in [3.8, 4) is 0 Å². The van der Waals surface area contributed by atoms with Crippen LogP contribution in [0.5, 0.6) is 0 Å². The topological polar surface area (TPSA) is 9.23 Å². The Morgan fingerprint density at radius 2 is 2.00 bits per heavy atom. The van der Waals surface area contributed by atoms with Crippen LogP contribution in [0.2, 0.25) is 13.1 Å². The Bertz CT molecular complexity index is 65.4. The van der Waals surface area contributed by atoms with Crippen LogP contribution < -0.4 is 0 Å². The molecule has 0 aliphatic rings. The Morgan fingerprint density at radius 1 is 1.50 bits per heavy atom. The van der Waals surface area contributed by atoms with Crippen LogP contribution in [0, 0.1) is 0 Å². The molecule has 0 fully saturated rings. The lowest BCUT2D eigenvalue weighted by Gasteiger charge is -2.16. The van der Waals surface area contributed by atoms with Crippen LogP contribution >= 0.6 is 15.9 Å². The van der Waals surface area contributed by atoms with E-state index in [1.54, 1.807) is 7.11 Å².